The standard InChI is InChI=1S/C56H101NO5/c1-4-7-10-13-16-19-21-23-25-27-29-31-33-35-37-40-43-46-49-56(61)62-52(47-44-41-38-18-15-12-9-6-3)50-55(60)57-53(51-58)54(59)48-45-42-39-36-34-32-30-28-26-24-22-20-17-14-11-8-5-2/h12,15-16,19,21,23,25,27,29,31,52-54,58-59H,4-11,13-14,17-18,20,22,24,26,28,30,32-51H2,1-3H3,(H,57,60)/b15-12-,19-16+,23-21+,27-25+,31-29+. The van der Waals surface area contributed by atoms with Gasteiger partial charge < -0.3 is 20.3 Å². The van der Waals surface area contributed by atoms with E-state index in [1.165, 1.54) is 109 Å². The maximum Gasteiger partial charge on any atom is 0.306 e. The molecule has 62 heavy (non-hydrogen) atoms. The maximum absolute atomic E-state index is 13.2. The zero-order valence-electron chi connectivity index (χ0n) is 41.0. The summed E-state index contributed by atoms with van der Waals surface area (Å²) in [4.78, 5) is 26.1. The van der Waals surface area contributed by atoms with Crippen molar-refractivity contribution in [2.45, 2.75) is 277 Å². The van der Waals surface area contributed by atoms with Crippen molar-refractivity contribution in [2.75, 3.05) is 6.61 Å². The second kappa shape index (κ2) is 49.6. The minimum Gasteiger partial charge on any atom is -0.462 e. The Morgan fingerprint density at radius 3 is 1.40 bits per heavy atom. The fourth-order valence-electron chi connectivity index (χ4n) is 7.86. The van der Waals surface area contributed by atoms with E-state index in [0.717, 1.165) is 103 Å². The van der Waals surface area contributed by atoms with Gasteiger partial charge in [-0.2, -0.15) is 0 Å². The number of carbonyl (C=O) groups excluding carboxylic acids is 2. The Kier molecular flexibility index (Phi) is 47.6. The first-order valence-corrected chi connectivity index (χ1v) is 26.6. The fourth-order valence-corrected chi connectivity index (χ4v) is 7.86. The molecule has 3 unspecified atom stereocenters. The van der Waals surface area contributed by atoms with Crippen molar-refractivity contribution in [3.63, 3.8) is 0 Å². The molecule has 0 fully saturated rings. The van der Waals surface area contributed by atoms with Gasteiger partial charge >= 0.3 is 5.97 Å². The number of ether oxygens (including phenoxy) is 1. The van der Waals surface area contributed by atoms with Crippen molar-refractivity contribution >= 4 is 11.9 Å². The van der Waals surface area contributed by atoms with Crippen molar-refractivity contribution in [1.82, 2.24) is 5.32 Å². The molecule has 0 aromatic carbocycles. The Labute approximate surface area is 384 Å². The molecule has 0 aliphatic carbocycles. The lowest BCUT2D eigenvalue weighted by Gasteiger charge is -2.24. The zero-order chi connectivity index (χ0) is 45.2. The molecule has 0 rings (SSSR count). The van der Waals surface area contributed by atoms with Crippen molar-refractivity contribution in [2.24, 2.45) is 0 Å². The van der Waals surface area contributed by atoms with Crippen LogP contribution in [0.3, 0.4) is 0 Å². The zero-order valence-corrected chi connectivity index (χ0v) is 41.0. The SMILES string of the molecule is CCC/C=C\CCCCCC(CC(=O)NC(CO)C(O)CCCCCCCCCCCCCCCCCCC)OC(=O)CCCCCCC/C=C/C=C/C=C/C=C/CCCCC. The van der Waals surface area contributed by atoms with Crippen LogP contribution in [0.25, 0.3) is 0 Å². The van der Waals surface area contributed by atoms with Gasteiger partial charge in [-0.15, -0.1) is 0 Å². The molecular formula is C56H101NO5. The molecule has 0 bridgehead atoms. The Balaban J connectivity index is 4.43. The van der Waals surface area contributed by atoms with Crippen LogP contribution in [0.2, 0.25) is 0 Å². The summed E-state index contributed by atoms with van der Waals surface area (Å²) < 4.78 is 5.89. The Bertz CT molecular complexity index is 1110. The molecular weight excluding hydrogens is 767 g/mol. The molecule has 0 heterocycles. The van der Waals surface area contributed by atoms with E-state index in [-0.39, 0.29) is 24.9 Å². The number of rotatable bonds is 47. The Morgan fingerprint density at radius 1 is 0.468 bits per heavy atom. The van der Waals surface area contributed by atoms with Crippen LogP contribution in [0.5, 0.6) is 0 Å². The van der Waals surface area contributed by atoms with E-state index in [2.05, 4.69) is 86.8 Å². The predicted molar refractivity (Wildman–Crippen MR) is 268 cm³/mol. The highest BCUT2D eigenvalue weighted by atomic mass is 16.5. The van der Waals surface area contributed by atoms with Gasteiger partial charge in [-0.05, 0) is 70.6 Å². The van der Waals surface area contributed by atoms with E-state index in [1.807, 2.05) is 0 Å². The molecule has 6 nitrogen and oxygen atoms in total. The smallest absolute Gasteiger partial charge is 0.306 e. The third kappa shape index (κ3) is 44.2. The van der Waals surface area contributed by atoms with Gasteiger partial charge in [-0.25, -0.2) is 0 Å². The quantitative estimate of drug-likeness (QED) is 0.0245. The molecule has 0 aromatic heterocycles. The second-order valence-corrected chi connectivity index (χ2v) is 18.0. The first-order chi connectivity index (χ1) is 30.5. The average Bonchev–Trinajstić information content (AvgIpc) is 3.26. The van der Waals surface area contributed by atoms with Gasteiger partial charge in [0.15, 0.2) is 0 Å². The van der Waals surface area contributed by atoms with E-state index in [1.54, 1.807) is 0 Å². The van der Waals surface area contributed by atoms with E-state index in [0.29, 0.717) is 19.3 Å². The first kappa shape index (κ1) is 59.6. The topological polar surface area (TPSA) is 95.9 Å². The minimum atomic E-state index is -0.797. The number of allylic oxidation sites excluding steroid dienone is 10. The van der Waals surface area contributed by atoms with Crippen molar-refractivity contribution in [3.05, 3.63) is 60.8 Å². The van der Waals surface area contributed by atoms with Crippen LogP contribution < -0.4 is 5.32 Å². The van der Waals surface area contributed by atoms with Crippen molar-refractivity contribution in [3.8, 4) is 0 Å². The van der Waals surface area contributed by atoms with E-state index in [9.17, 15) is 19.8 Å². The molecule has 0 spiro atoms. The molecule has 3 atom stereocenters. The number of unbranched alkanes of at least 4 members (excludes halogenated alkanes) is 28. The van der Waals surface area contributed by atoms with Crippen LogP contribution in [-0.4, -0.2) is 46.9 Å². The summed E-state index contributed by atoms with van der Waals surface area (Å²) in [5.74, 6) is -0.518. The normalized spacial score (nSPS) is 13.7. The largest absolute Gasteiger partial charge is 0.462 e. The number of amides is 1. The summed E-state index contributed by atoms with van der Waals surface area (Å²) in [6, 6.07) is -0.712. The minimum absolute atomic E-state index is 0.0552. The van der Waals surface area contributed by atoms with Gasteiger partial charge in [-0.1, -0.05) is 236 Å². The molecule has 360 valence electrons. The van der Waals surface area contributed by atoms with Crippen LogP contribution in [0.1, 0.15) is 258 Å². The third-order valence-electron chi connectivity index (χ3n) is 11.9. The van der Waals surface area contributed by atoms with Gasteiger partial charge in [0.25, 0.3) is 0 Å². The van der Waals surface area contributed by atoms with Crippen LogP contribution >= 0.6 is 0 Å². The van der Waals surface area contributed by atoms with Gasteiger partial charge in [0.1, 0.15) is 6.10 Å². The number of carbonyl (C=O) groups is 2. The van der Waals surface area contributed by atoms with Crippen LogP contribution in [0, 0.1) is 0 Å². The number of hydrogen-bond donors (Lipinski definition) is 3. The predicted octanol–water partition coefficient (Wildman–Crippen LogP) is 16.0. The second-order valence-electron chi connectivity index (χ2n) is 18.0. The molecule has 0 aromatic rings. The number of aliphatic hydroxyl groups excluding tert-OH is 2. The molecule has 0 saturated carbocycles. The number of esters is 1. The number of aliphatic hydroxyl groups is 2. The summed E-state index contributed by atoms with van der Waals surface area (Å²) in [7, 11) is 0. The summed E-state index contributed by atoms with van der Waals surface area (Å²) >= 11 is 0. The molecule has 0 radical (unpaired) electrons. The summed E-state index contributed by atoms with van der Waals surface area (Å²) in [6.45, 7) is 6.38. The van der Waals surface area contributed by atoms with Crippen LogP contribution in [0.15, 0.2) is 60.8 Å². The lowest BCUT2D eigenvalue weighted by atomic mass is 10.0. The molecule has 1 amide bonds. The van der Waals surface area contributed by atoms with Gasteiger partial charge in [0, 0.05) is 6.42 Å². The van der Waals surface area contributed by atoms with Gasteiger partial charge in [0.05, 0.1) is 25.2 Å². The molecule has 0 aliphatic rings. The average molecular weight is 868 g/mol. The molecule has 0 aliphatic heterocycles. The number of hydrogen-bond acceptors (Lipinski definition) is 5. The van der Waals surface area contributed by atoms with Crippen LogP contribution in [-0.2, 0) is 14.3 Å². The van der Waals surface area contributed by atoms with Crippen molar-refractivity contribution < 1.29 is 24.5 Å². The van der Waals surface area contributed by atoms with Gasteiger partial charge in [0.2, 0.25) is 5.91 Å². The first-order valence-electron chi connectivity index (χ1n) is 26.6. The van der Waals surface area contributed by atoms with E-state index in [4.69, 9.17) is 4.74 Å². The van der Waals surface area contributed by atoms with Crippen molar-refractivity contribution in [1.29, 1.82) is 0 Å². The lowest BCUT2D eigenvalue weighted by Crippen LogP contribution is -2.46. The fraction of sp³-hybridized carbons (Fsp3) is 0.786. The lowest BCUT2D eigenvalue weighted by molar-refractivity contribution is -0.151. The maximum atomic E-state index is 13.2. The molecule has 3 N–H and O–H groups in total. The highest BCUT2D eigenvalue weighted by molar-refractivity contribution is 5.77. The summed E-state index contributed by atoms with van der Waals surface area (Å²) in [6.07, 6.45) is 61.5. The number of nitrogens with one attached hydrogen (secondary N) is 1. The molecule has 0 saturated heterocycles. The van der Waals surface area contributed by atoms with Crippen LogP contribution in [0.4, 0.5) is 0 Å². The van der Waals surface area contributed by atoms with E-state index < -0.39 is 18.2 Å². The van der Waals surface area contributed by atoms with E-state index >= 15 is 0 Å². The summed E-state index contributed by atoms with van der Waals surface area (Å²) in [5, 5.41) is 23.8. The van der Waals surface area contributed by atoms with Gasteiger partial charge in [-0.3, -0.25) is 9.59 Å². The molecule has 6 heteroatoms. The highest BCUT2D eigenvalue weighted by Crippen LogP contribution is 2.18. The highest BCUT2D eigenvalue weighted by Gasteiger charge is 2.24. The third-order valence-corrected chi connectivity index (χ3v) is 11.9. The Hall–Kier alpha value is -2.44. The summed E-state index contributed by atoms with van der Waals surface area (Å²) in [5.41, 5.74) is 0. The monoisotopic (exact) mass is 868 g/mol. The Morgan fingerprint density at radius 2 is 0.871 bits per heavy atom.